The first-order valence-electron chi connectivity index (χ1n) is 11.9. The lowest BCUT2D eigenvalue weighted by Crippen LogP contribution is -2.42. The molecule has 2 aromatic carbocycles. The molecule has 0 radical (unpaired) electrons. The number of fused-ring (bicyclic) bond motifs is 6. The SMILES string of the molecule is C[C@]12CC[C@@H]3c4ccc(C(=O)Nc5cccc6cccnc56)cc4CC[C@H]3[C@@H]1CCC2=O. The number of pyridine rings is 1. The predicted octanol–water partition coefficient (Wildman–Crippen LogP) is 5.91. The molecule has 2 fully saturated rings. The second kappa shape index (κ2) is 7.26. The number of benzene rings is 2. The maximum absolute atomic E-state index is 13.1. The average Bonchev–Trinajstić information content (AvgIpc) is 3.13. The average molecular weight is 425 g/mol. The Labute approximate surface area is 188 Å². The van der Waals surface area contributed by atoms with Gasteiger partial charge in [0.2, 0.25) is 0 Å². The highest BCUT2D eigenvalue weighted by atomic mass is 16.1. The third-order valence-corrected chi connectivity index (χ3v) is 8.58. The molecule has 0 spiro atoms. The van der Waals surface area contributed by atoms with Gasteiger partial charge < -0.3 is 5.32 Å². The van der Waals surface area contributed by atoms with Crippen molar-refractivity contribution in [1.29, 1.82) is 0 Å². The van der Waals surface area contributed by atoms with E-state index in [4.69, 9.17) is 0 Å². The number of amides is 1. The van der Waals surface area contributed by atoms with Crippen LogP contribution in [-0.2, 0) is 11.2 Å². The molecule has 4 heteroatoms. The molecule has 6 rings (SSSR count). The number of ketones is 1. The number of nitrogens with zero attached hydrogens (tertiary/aromatic N) is 1. The number of aromatic nitrogens is 1. The first-order chi connectivity index (χ1) is 15.5. The highest BCUT2D eigenvalue weighted by molar-refractivity contribution is 6.08. The van der Waals surface area contributed by atoms with Crippen LogP contribution in [0.2, 0.25) is 0 Å². The Morgan fingerprint density at radius 3 is 2.84 bits per heavy atom. The zero-order valence-electron chi connectivity index (χ0n) is 18.4. The van der Waals surface area contributed by atoms with Crippen LogP contribution in [0.1, 0.15) is 66.4 Å². The normalized spacial score (nSPS) is 28.7. The van der Waals surface area contributed by atoms with E-state index >= 15 is 0 Å². The van der Waals surface area contributed by atoms with Crippen LogP contribution in [0.15, 0.2) is 54.7 Å². The molecule has 1 N–H and O–H groups in total. The molecule has 4 atom stereocenters. The second-order valence-corrected chi connectivity index (χ2v) is 10.1. The van der Waals surface area contributed by atoms with Crippen molar-refractivity contribution in [2.24, 2.45) is 17.3 Å². The summed E-state index contributed by atoms with van der Waals surface area (Å²) in [5.74, 6) is 2.06. The number of hydrogen-bond acceptors (Lipinski definition) is 3. The van der Waals surface area contributed by atoms with Crippen molar-refractivity contribution >= 4 is 28.3 Å². The molecule has 0 saturated heterocycles. The molecule has 0 unspecified atom stereocenters. The smallest absolute Gasteiger partial charge is 0.255 e. The highest BCUT2D eigenvalue weighted by Gasteiger charge is 2.54. The van der Waals surface area contributed by atoms with Gasteiger partial charge >= 0.3 is 0 Å². The maximum Gasteiger partial charge on any atom is 0.255 e. The lowest BCUT2D eigenvalue weighted by atomic mass is 9.55. The van der Waals surface area contributed by atoms with Gasteiger partial charge in [0.25, 0.3) is 5.91 Å². The Hall–Kier alpha value is -3.01. The van der Waals surface area contributed by atoms with Crippen molar-refractivity contribution < 1.29 is 9.59 Å². The van der Waals surface area contributed by atoms with Crippen molar-refractivity contribution in [3.8, 4) is 0 Å². The lowest BCUT2D eigenvalue weighted by molar-refractivity contribution is -0.129. The summed E-state index contributed by atoms with van der Waals surface area (Å²) < 4.78 is 0. The fourth-order valence-electron chi connectivity index (χ4n) is 6.89. The van der Waals surface area contributed by atoms with E-state index in [9.17, 15) is 9.59 Å². The molecular formula is C28H28N2O2. The summed E-state index contributed by atoms with van der Waals surface area (Å²) >= 11 is 0. The summed E-state index contributed by atoms with van der Waals surface area (Å²) in [5.41, 5.74) is 4.87. The van der Waals surface area contributed by atoms with Gasteiger partial charge in [-0.25, -0.2) is 0 Å². The van der Waals surface area contributed by atoms with Crippen LogP contribution in [0.4, 0.5) is 5.69 Å². The van der Waals surface area contributed by atoms with Crippen molar-refractivity contribution in [2.75, 3.05) is 5.32 Å². The topological polar surface area (TPSA) is 59.1 Å². The zero-order chi connectivity index (χ0) is 21.9. The summed E-state index contributed by atoms with van der Waals surface area (Å²) in [4.78, 5) is 30.1. The van der Waals surface area contributed by atoms with Gasteiger partial charge in [-0.2, -0.15) is 0 Å². The number of hydrogen-bond donors (Lipinski definition) is 1. The molecule has 1 heterocycles. The molecule has 0 aliphatic heterocycles. The third kappa shape index (κ3) is 2.92. The van der Waals surface area contributed by atoms with Crippen LogP contribution in [0.3, 0.4) is 0 Å². The number of aryl methyl sites for hydroxylation is 1. The summed E-state index contributed by atoms with van der Waals surface area (Å²) in [6, 6.07) is 16.0. The summed E-state index contributed by atoms with van der Waals surface area (Å²) in [6.45, 7) is 2.22. The van der Waals surface area contributed by atoms with Crippen LogP contribution in [0.5, 0.6) is 0 Å². The molecule has 2 saturated carbocycles. The standard InChI is InChI=1S/C28H28N2O2/c1-28-14-13-21-20-9-8-19(16-18(20)7-10-22(21)23(28)11-12-25(28)31)27(32)30-24-6-2-4-17-5-3-15-29-26(17)24/h2-6,8-9,15-16,21-23H,7,10-14H2,1H3,(H,30,32)/t21-,22-,23+,28+/m1/s1. The minimum Gasteiger partial charge on any atom is -0.320 e. The predicted molar refractivity (Wildman–Crippen MR) is 126 cm³/mol. The van der Waals surface area contributed by atoms with Crippen molar-refractivity contribution in [3.05, 3.63) is 71.4 Å². The number of nitrogens with one attached hydrogen (secondary N) is 1. The minimum atomic E-state index is -0.0923. The Bertz CT molecular complexity index is 1240. The van der Waals surface area contributed by atoms with Crippen LogP contribution >= 0.6 is 0 Å². The molecule has 3 aromatic rings. The van der Waals surface area contributed by atoms with E-state index in [1.54, 1.807) is 6.20 Å². The van der Waals surface area contributed by atoms with Gasteiger partial charge in [-0.3, -0.25) is 14.6 Å². The van der Waals surface area contributed by atoms with Gasteiger partial charge in [-0.05, 0) is 85.3 Å². The lowest BCUT2D eigenvalue weighted by Gasteiger charge is -2.48. The van der Waals surface area contributed by atoms with Crippen LogP contribution < -0.4 is 5.32 Å². The van der Waals surface area contributed by atoms with Gasteiger partial charge in [0.05, 0.1) is 11.2 Å². The van der Waals surface area contributed by atoms with Gasteiger partial charge in [-0.15, -0.1) is 0 Å². The minimum absolute atomic E-state index is 0.0920. The molecule has 3 aliphatic rings. The van der Waals surface area contributed by atoms with Gasteiger partial charge in [0.15, 0.2) is 0 Å². The fourth-order valence-corrected chi connectivity index (χ4v) is 6.89. The Morgan fingerprint density at radius 2 is 1.94 bits per heavy atom. The van der Waals surface area contributed by atoms with Crippen molar-refractivity contribution in [3.63, 3.8) is 0 Å². The van der Waals surface area contributed by atoms with Crippen molar-refractivity contribution in [1.82, 2.24) is 4.98 Å². The summed E-state index contributed by atoms with van der Waals surface area (Å²) in [5, 5.41) is 4.08. The first-order valence-corrected chi connectivity index (χ1v) is 11.9. The number of carbonyl (C=O) groups is 2. The third-order valence-electron chi connectivity index (χ3n) is 8.58. The highest BCUT2D eigenvalue weighted by Crippen LogP contribution is 2.59. The van der Waals surface area contributed by atoms with E-state index in [0.29, 0.717) is 29.1 Å². The van der Waals surface area contributed by atoms with E-state index in [-0.39, 0.29) is 11.3 Å². The fraction of sp³-hybridized carbons (Fsp3) is 0.393. The number of rotatable bonds is 2. The molecule has 0 bridgehead atoms. The van der Waals surface area contributed by atoms with Crippen molar-refractivity contribution in [2.45, 2.75) is 51.4 Å². The van der Waals surface area contributed by atoms with E-state index in [1.165, 1.54) is 11.1 Å². The number of Topliss-reactive ketones (excluding diaryl/α,β-unsaturated/α-hetero) is 1. The Kier molecular flexibility index (Phi) is 4.46. The largest absolute Gasteiger partial charge is 0.320 e. The monoisotopic (exact) mass is 424 g/mol. The molecule has 1 aromatic heterocycles. The van der Waals surface area contributed by atoms with Gasteiger partial charge in [0.1, 0.15) is 5.78 Å². The number of anilines is 1. The van der Waals surface area contributed by atoms with Crippen LogP contribution in [-0.4, -0.2) is 16.7 Å². The van der Waals surface area contributed by atoms with Gasteiger partial charge in [-0.1, -0.05) is 31.2 Å². The molecule has 162 valence electrons. The Balaban J connectivity index is 1.27. The zero-order valence-corrected chi connectivity index (χ0v) is 18.4. The molecule has 3 aliphatic carbocycles. The second-order valence-electron chi connectivity index (χ2n) is 10.1. The quantitative estimate of drug-likeness (QED) is 0.556. The molecule has 4 nitrogen and oxygen atoms in total. The van der Waals surface area contributed by atoms with E-state index in [1.807, 2.05) is 36.4 Å². The van der Waals surface area contributed by atoms with E-state index in [0.717, 1.165) is 55.1 Å². The molecular weight excluding hydrogens is 396 g/mol. The van der Waals surface area contributed by atoms with Crippen LogP contribution in [0.25, 0.3) is 10.9 Å². The number of carbonyl (C=O) groups excluding carboxylic acids is 2. The summed E-state index contributed by atoms with van der Waals surface area (Å²) in [6.07, 6.45) is 7.79. The number of para-hydroxylation sites is 1. The van der Waals surface area contributed by atoms with E-state index < -0.39 is 0 Å². The Morgan fingerprint density at radius 1 is 1.06 bits per heavy atom. The molecule has 32 heavy (non-hydrogen) atoms. The first kappa shape index (κ1) is 19.7. The van der Waals surface area contributed by atoms with E-state index in [2.05, 4.69) is 29.4 Å². The maximum atomic E-state index is 13.1. The molecule has 1 amide bonds. The van der Waals surface area contributed by atoms with Gasteiger partial charge in [0, 0.05) is 29.0 Å². The van der Waals surface area contributed by atoms with Crippen LogP contribution in [0, 0.1) is 17.3 Å². The summed E-state index contributed by atoms with van der Waals surface area (Å²) in [7, 11) is 0.